The Morgan fingerprint density at radius 1 is 1.24 bits per heavy atom. The molecule has 0 aliphatic heterocycles. The van der Waals surface area contributed by atoms with Crippen molar-refractivity contribution in [3.05, 3.63) is 40.6 Å². The summed E-state index contributed by atoms with van der Waals surface area (Å²) in [5.41, 5.74) is 0.405. The minimum Gasteiger partial charge on any atom is -0.480 e. The number of aliphatic hydroxyl groups is 1. The standard InChI is InChI=1S/C14H15BrN2O3S/c1-19-12-7-16-13(14(17-12)20-2)11(18)8-21-10-5-3-9(15)4-6-10/h3-7,11,18H,8H2,1-2H3. The van der Waals surface area contributed by atoms with E-state index in [1.54, 1.807) is 0 Å². The number of thioether (sulfide) groups is 1. The average molecular weight is 371 g/mol. The number of aromatic nitrogens is 2. The summed E-state index contributed by atoms with van der Waals surface area (Å²) in [7, 11) is 2.99. The zero-order valence-corrected chi connectivity index (χ0v) is 14.0. The summed E-state index contributed by atoms with van der Waals surface area (Å²) in [4.78, 5) is 9.35. The van der Waals surface area contributed by atoms with Crippen LogP contribution in [0.4, 0.5) is 0 Å². The molecular formula is C14H15BrN2O3S. The third-order valence-corrected chi connectivity index (χ3v) is 4.30. The Hall–Kier alpha value is -1.31. The van der Waals surface area contributed by atoms with E-state index in [0.717, 1.165) is 9.37 Å². The molecule has 112 valence electrons. The lowest BCUT2D eigenvalue weighted by Crippen LogP contribution is -2.08. The van der Waals surface area contributed by atoms with Crippen LogP contribution in [0.2, 0.25) is 0 Å². The van der Waals surface area contributed by atoms with Crippen LogP contribution < -0.4 is 9.47 Å². The van der Waals surface area contributed by atoms with E-state index in [-0.39, 0.29) is 5.88 Å². The second-order valence-corrected chi connectivity index (χ2v) is 6.10. The fourth-order valence-corrected chi connectivity index (χ4v) is 2.73. The van der Waals surface area contributed by atoms with Crippen molar-refractivity contribution in [2.45, 2.75) is 11.0 Å². The molecule has 0 fully saturated rings. The van der Waals surface area contributed by atoms with Crippen molar-refractivity contribution in [1.82, 2.24) is 9.97 Å². The first-order valence-electron chi connectivity index (χ1n) is 6.15. The normalized spacial score (nSPS) is 12.0. The molecule has 0 saturated heterocycles. The van der Waals surface area contributed by atoms with E-state index in [9.17, 15) is 5.11 Å². The molecule has 0 bridgehead atoms. The van der Waals surface area contributed by atoms with E-state index in [1.165, 1.54) is 32.2 Å². The molecular weight excluding hydrogens is 356 g/mol. The van der Waals surface area contributed by atoms with Gasteiger partial charge in [-0.05, 0) is 24.3 Å². The van der Waals surface area contributed by atoms with Crippen LogP contribution in [0.25, 0.3) is 0 Å². The molecule has 1 atom stereocenters. The maximum absolute atomic E-state index is 10.3. The topological polar surface area (TPSA) is 64.5 Å². The van der Waals surface area contributed by atoms with Crippen molar-refractivity contribution in [3.63, 3.8) is 0 Å². The SMILES string of the molecule is COc1cnc(C(O)CSc2ccc(Br)cc2)c(OC)n1. The molecule has 0 aliphatic rings. The van der Waals surface area contributed by atoms with Crippen molar-refractivity contribution in [2.75, 3.05) is 20.0 Å². The van der Waals surface area contributed by atoms with Gasteiger partial charge in [-0.25, -0.2) is 4.98 Å². The molecule has 1 unspecified atom stereocenters. The van der Waals surface area contributed by atoms with Crippen LogP contribution in [0.3, 0.4) is 0 Å². The first-order chi connectivity index (χ1) is 10.1. The van der Waals surface area contributed by atoms with Gasteiger partial charge in [0.25, 0.3) is 0 Å². The van der Waals surface area contributed by atoms with E-state index >= 15 is 0 Å². The summed E-state index contributed by atoms with van der Waals surface area (Å²) in [6.07, 6.45) is 0.692. The van der Waals surface area contributed by atoms with Gasteiger partial charge in [0.05, 0.1) is 20.4 Å². The van der Waals surface area contributed by atoms with Gasteiger partial charge in [0.2, 0.25) is 11.8 Å². The molecule has 7 heteroatoms. The fraction of sp³-hybridized carbons (Fsp3) is 0.286. The maximum Gasteiger partial charge on any atom is 0.241 e. The number of hydrogen-bond acceptors (Lipinski definition) is 6. The second kappa shape index (κ2) is 7.63. The number of methoxy groups -OCH3 is 2. The van der Waals surface area contributed by atoms with Gasteiger partial charge in [-0.3, -0.25) is 0 Å². The summed E-state index contributed by atoms with van der Waals surface area (Å²) in [5.74, 6) is 1.08. The predicted octanol–water partition coefficient (Wildman–Crippen LogP) is 3.08. The van der Waals surface area contributed by atoms with Gasteiger partial charge in [0, 0.05) is 15.1 Å². The molecule has 1 aromatic carbocycles. The van der Waals surface area contributed by atoms with Crippen molar-refractivity contribution < 1.29 is 14.6 Å². The summed E-state index contributed by atoms with van der Waals surface area (Å²) in [6, 6.07) is 7.89. The molecule has 0 aliphatic carbocycles. The molecule has 0 spiro atoms. The molecule has 0 radical (unpaired) electrons. The van der Waals surface area contributed by atoms with Gasteiger partial charge in [-0.15, -0.1) is 11.8 Å². The summed E-state index contributed by atoms with van der Waals surface area (Å²) >= 11 is 4.93. The minimum absolute atomic E-state index is 0.276. The fourth-order valence-electron chi connectivity index (χ4n) is 1.63. The second-order valence-electron chi connectivity index (χ2n) is 4.09. The molecule has 2 rings (SSSR count). The molecule has 5 nitrogen and oxygen atoms in total. The number of aliphatic hydroxyl groups excluding tert-OH is 1. The van der Waals surface area contributed by atoms with Gasteiger partial charge in [-0.2, -0.15) is 4.98 Å². The third kappa shape index (κ3) is 4.33. The molecule has 0 amide bonds. The van der Waals surface area contributed by atoms with Crippen LogP contribution in [0, 0.1) is 0 Å². The molecule has 1 aromatic heterocycles. The highest BCUT2D eigenvalue weighted by molar-refractivity contribution is 9.10. The smallest absolute Gasteiger partial charge is 0.241 e. The minimum atomic E-state index is -0.771. The number of nitrogens with zero attached hydrogens (tertiary/aromatic N) is 2. The highest BCUT2D eigenvalue weighted by Crippen LogP contribution is 2.29. The van der Waals surface area contributed by atoms with Crippen molar-refractivity contribution in [1.29, 1.82) is 0 Å². The lowest BCUT2D eigenvalue weighted by atomic mass is 10.3. The first kappa shape index (κ1) is 16.1. The third-order valence-electron chi connectivity index (χ3n) is 2.68. The highest BCUT2D eigenvalue weighted by Gasteiger charge is 2.17. The van der Waals surface area contributed by atoms with Gasteiger partial charge in [0.1, 0.15) is 11.8 Å². The van der Waals surface area contributed by atoms with Crippen LogP contribution in [0.5, 0.6) is 11.8 Å². The Bertz CT molecular complexity index is 595. The van der Waals surface area contributed by atoms with E-state index in [2.05, 4.69) is 25.9 Å². The highest BCUT2D eigenvalue weighted by atomic mass is 79.9. The predicted molar refractivity (Wildman–Crippen MR) is 85.0 cm³/mol. The van der Waals surface area contributed by atoms with E-state index < -0.39 is 6.10 Å². The summed E-state index contributed by atoms with van der Waals surface area (Å²) in [5, 5.41) is 10.3. The largest absolute Gasteiger partial charge is 0.480 e. The Morgan fingerprint density at radius 2 is 1.95 bits per heavy atom. The zero-order valence-electron chi connectivity index (χ0n) is 11.6. The van der Waals surface area contributed by atoms with Crippen molar-refractivity contribution >= 4 is 27.7 Å². The van der Waals surface area contributed by atoms with Crippen molar-refractivity contribution in [2.24, 2.45) is 0 Å². The molecule has 1 N–H and O–H groups in total. The van der Waals surface area contributed by atoms with Crippen LogP contribution >= 0.6 is 27.7 Å². The lowest BCUT2D eigenvalue weighted by molar-refractivity contribution is 0.191. The lowest BCUT2D eigenvalue weighted by Gasteiger charge is -2.13. The Morgan fingerprint density at radius 3 is 2.57 bits per heavy atom. The van der Waals surface area contributed by atoms with Gasteiger partial charge < -0.3 is 14.6 Å². The monoisotopic (exact) mass is 370 g/mol. The van der Waals surface area contributed by atoms with Crippen LogP contribution in [0.1, 0.15) is 11.8 Å². The van der Waals surface area contributed by atoms with Gasteiger partial charge in [0.15, 0.2) is 0 Å². The van der Waals surface area contributed by atoms with Crippen molar-refractivity contribution in [3.8, 4) is 11.8 Å². The van der Waals surface area contributed by atoms with Crippen LogP contribution in [0.15, 0.2) is 39.8 Å². The average Bonchev–Trinajstić information content (AvgIpc) is 2.53. The summed E-state index contributed by atoms with van der Waals surface area (Å²) in [6.45, 7) is 0. The van der Waals surface area contributed by atoms with Gasteiger partial charge in [-0.1, -0.05) is 15.9 Å². The molecule has 2 aromatic rings. The van der Waals surface area contributed by atoms with E-state index in [0.29, 0.717) is 17.3 Å². The van der Waals surface area contributed by atoms with Gasteiger partial charge >= 0.3 is 0 Å². The maximum atomic E-state index is 10.3. The number of ether oxygens (including phenoxy) is 2. The Labute approximate surface area is 135 Å². The zero-order chi connectivity index (χ0) is 15.2. The van der Waals surface area contributed by atoms with Crippen LogP contribution in [-0.2, 0) is 0 Å². The van der Waals surface area contributed by atoms with Crippen LogP contribution in [-0.4, -0.2) is 35.0 Å². The van der Waals surface area contributed by atoms with E-state index in [4.69, 9.17) is 9.47 Å². The first-order valence-corrected chi connectivity index (χ1v) is 7.93. The summed E-state index contributed by atoms with van der Waals surface area (Å²) < 4.78 is 11.2. The molecule has 21 heavy (non-hydrogen) atoms. The Kier molecular flexibility index (Phi) is 5.84. The number of hydrogen-bond donors (Lipinski definition) is 1. The number of rotatable bonds is 6. The molecule has 0 saturated carbocycles. The molecule has 1 heterocycles. The Balaban J connectivity index is 2.05. The number of benzene rings is 1. The quantitative estimate of drug-likeness (QED) is 0.788. The number of halogens is 1. The van der Waals surface area contributed by atoms with E-state index in [1.807, 2.05) is 24.3 Å².